The zero-order chi connectivity index (χ0) is 21.6. The summed E-state index contributed by atoms with van der Waals surface area (Å²) >= 11 is 0. The molecule has 7 heteroatoms. The summed E-state index contributed by atoms with van der Waals surface area (Å²) in [5.74, 6) is 1.13. The van der Waals surface area contributed by atoms with E-state index in [9.17, 15) is 9.59 Å². The van der Waals surface area contributed by atoms with E-state index in [2.05, 4.69) is 4.98 Å². The molecule has 1 unspecified atom stereocenters. The molecule has 0 aliphatic carbocycles. The molecule has 0 saturated carbocycles. The Morgan fingerprint density at radius 1 is 1.13 bits per heavy atom. The molecule has 4 rings (SSSR count). The van der Waals surface area contributed by atoms with Gasteiger partial charge in [0, 0.05) is 30.9 Å². The van der Waals surface area contributed by atoms with Crippen molar-refractivity contribution in [2.24, 2.45) is 0 Å². The van der Waals surface area contributed by atoms with Crippen LogP contribution in [-0.2, 0) is 16.0 Å². The van der Waals surface area contributed by atoms with E-state index in [4.69, 9.17) is 9.47 Å². The molecular weight excluding hydrogens is 382 g/mol. The normalized spacial score (nSPS) is 21.1. The van der Waals surface area contributed by atoms with Crippen LogP contribution in [0.2, 0.25) is 0 Å². The predicted octanol–water partition coefficient (Wildman–Crippen LogP) is 2.69. The van der Waals surface area contributed by atoms with Gasteiger partial charge >= 0.3 is 0 Å². The summed E-state index contributed by atoms with van der Waals surface area (Å²) in [6.45, 7) is 4.08. The molecule has 1 saturated heterocycles. The van der Waals surface area contributed by atoms with Crippen molar-refractivity contribution in [2.45, 2.75) is 32.4 Å². The highest BCUT2D eigenvalue weighted by Crippen LogP contribution is 2.45. The van der Waals surface area contributed by atoms with Crippen LogP contribution in [0.5, 0.6) is 11.5 Å². The minimum atomic E-state index is -0.536. The molecule has 2 aliphatic heterocycles. The fraction of sp³-hybridized carbons (Fsp3) is 0.391. The van der Waals surface area contributed by atoms with E-state index >= 15 is 0 Å². The second kappa shape index (κ2) is 7.55. The van der Waals surface area contributed by atoms with Crippen LogP contribution in [0.4, 0.5) is 0 Å². The van der Waals surface area contributed by atoms with Crippen molar-refractivity contribution in [1.29, 1.82) is 0 Å². The Morgan fingerprint density at radius 3 is 2.50 bits per heavy atom. The van der Waals surface area contributed by atoms with Crippen LogP contribution in [-0.4, -0.2) is 60.5 Å². The number of likely N-dealkylation sites (N-methyl/N-ethyl adjacent to an activating group) is 1. The van der Waals surface area contributed by atoms with E-state index in [0.717, 1.165) is 27.9 Å². The first kappa shape index (κ1) is 20.1. The molecule has 0 bridgehead atoms. The Bertz CT molecular complexity index is 1040. The molecule has 1 fully saturated rings. The minimum absolute atomic E-state index is 0.0399. The molecule has 0 spiro atoms. The van der Waals surface area contributed by atoms with E-state index in [1.807, 2.05) is 44.3 Å². The van der Waals surface area contributed by atoms with Crippen LogP contribution >= 0.6 is 0 Å². The van der Waals surface area contributed by atoms with Crippen molar-refractivity contribution in [1.82, 2.24) is 14.8 Å². The van der Waals surface area contributed by atoms with Crippen LogP contribution in [0.15, 0.2) is 24.4 Å². The molecule has 1 aromatic carbocycles. The molecule has 158 valence electrons. The van der Waals surface area contributed by atoms with Gasteiger partial charge in [-0.15, -0.1) is 0 Å². The van der Waals surface area contributed by atoms with Gasteiger partial charge in [0.1, 0.15) is 6.04 Å². The second-order valence-electron chi connectivity index (χ2n) is 7.81. The van der Waals surface area contributed by atoms with Gasteiger partial charge in [0.2, 0.25) is 11.8 Å². The summed E-state index contributed by atoms with van der Waals surface area (Å²) in [5, 5.41) is 0. The van der Waals surface area contributed by atoms with E-state index in [1.54, 1.807) is 26.2 Å². The number of H-pyrrole nitrogens is 1. The number of piperazine rings is 1. The number of amides is 2. The number of hydrogen-bond donors (Lipinski definition) is 1. The maximum atomic E-state index is 13.2. The van der Waals surface area contributed by atoms with Crippen molar-refractivity contribution in [2.75, 3.05) is 27.8 Å². The van der Waals surface area contributed by atoms with Gasteiger partial charge in [-0.3, -0.25) is 9.59 Å². The fourth-order valence-corrected chi connectivity index (χ4v) is 4.61. The summed E-state index contributed by atoms with van der Waals surface area (Å²) < 4.78 is 11.0. The summed E-state index contributed by atoms with van der Waals surface area (Å²) in [5.41, 5.74) is 4.97. The molecule has 2 aliphatic rings. The lowest BCUT2D eigenvalue weighted by atomic mass is 9.82. The van der Waals surface area contributed by atoms with E-state index in [1.165, 1.54) is 4.90 Å². The third-order valence-corrected chi connectivity index (χ3v) is 6.14. The monoisotopic (exact) mass is 409 g/mol. The lowest BCUT2D eigenvalue weighted by Gasteiger charge is -2.47. The Morgan fingerprint density at radius 2 is 1.83 bits per heavy atom. The second-order valence-corrected chi connectivity index (χ2v) is 7.81. The van der Waals surface area contributed by atoms with Crippen molar-refractivity contribution in [3.8, 4) is 11.5 Å². The molecule has 0 radical (unpaired) electrons. The van der Waals surface area contributed by atoms with Gasteiger partial charge in [0.15, 0.2) is 11.5 Å². The molecule has 30 heavy (non-hydrogen) atoms. The number of rotatable bonds is 4. The highest BCUT2D eigenvalue weighted by molar-refractivity contribution is 5.96. The number of aromatic nitrogens is 1. The maximum absolute atomic E-state index is 13.2. The number of nitrogens with one attached hydrogen (secondary N) is 1. The standard InChI is InChI=1S/C23H27N3O4/c1-6-7-17-13(2)16(11-24-17)22-15-10-20(30-5)19(29-4)9-14(15)8-18-23(28)25(3)12-21(27)26(18)22/h6-7,9-11,18,22,24H,8,12H2,1-5H3/b7-6-/t18?,22-/m0/s1. The number of methoxy groups -OCH3 is 2. The topological polar surface area (TPSA) is 74.9 Å². The minimum Gasteiger partial charge on any atom is -0.493 e. The lowest BCUT2D eigenvalue weighted by molar-refractivity contribution is -0.157. The summed E-state index contributed by atoms with van der Waals surface area (Å²) in [4.78, 5) is 32.8. The number of fused-ring (bicyclic) bond motifs is 2. The number of nitrogens with zero attached hydrogens (tertiary/aromatic N) is 2. The van der Waals surface area contributed by atoms with Crippen molar-refractivity contribution in [3.05, 3.63) is 52.4 Å². The van der Waals surface area contributed by atoms with Gasteiger partial charge in [0.25, 0.3) is 0 Å². The van der Waals surface area contributed by atoms with Crippen molar-refractivity contribution < 1.29 is 19.1 Å². The average molecular weight is 409 g/mol. The van der Waals surface area contributed by atoms with Gasteiger partial charge < -0.3 is 24.3 Å². The Hall–Kier alpha value is -3.22. The summed E-state index contributed by atoms with van der Waals surface area (Å²) in [7, 11) is 4.88. The summed E-state index contributed by atoms with van der Waals surface area (Å²) in [6, 6.07) is 2.96. The van der Waals surface area contributed by atoms with Gasteiger partial charge in [-0.25, -0.2) is 0 Å². The quantitative estimate of drug-likeness (QED) is 0.843. The molecule has 3 heterocycles. The van der Waals surface area contributed by atoms with E-state index in [-0.39, 0.29) is 24.4 Å². The largest absolute Gasteiger partial charge is 0.493 e. The Balaban J connectivity index is 1.95. The van der Waals surface area contributed by atoms with Gasteiger partial charge in [-0.2, -0.15) is 0 Å². The third-order valence-electron chi connectivity index (χ3n) is 6.14. The number of ether oxygens (including phenoxy) is 2. The van der Waals surface area contributed by atoms with E-state index in [0.29, 0.717) is 17.9 Å². The molecule has 1 N–H and O–H groups in total. The molecule has 1 aromatic heterocycles. The van der Waals surface area contributed by atoms with Crippen LogP contribution in [0, 0.1) is 6.92 Å². The number of benzene rings is 1. The highest BCUT2D eigenvalue weighted by Gasteiger charge is 2.47. The van der Waals surface area contributed by atoms with Crippen LogP contribution in [0.3, 0.4) is 0 Å². The van der Waals surface area contributed by atoms with Crippen molar-refractivity contribution >= 4 is 17.9 Å². The first-order chi connectivity index (χ1) is 14.4. The first-order valence-electron chi connectivity index (χ1n) is 10.0. The smallest absolute Gasteiger partial charge is 0.245 e. The van der Waals surface area contributed by atoms with Gasteiger partial charge in [-0.05, 0) is 48.7 Å². The average Bonchev–Trinajstić information content (AvgIpc) is 3.09. The maximum Gasteiger partial charge on any atom is 0.245 e. The Kier molecular flexibility index (Phi) is 5.05. The highest BCUT2D eigenvalue weighted by atomic mass is 16.5. The third kappa shape index (κ3) is 2.96. The van der Waals surface area contributed by atoms with Crippen LogP contribution in [0.25, 0.3) is 6.08 Å². The molecule has 2 atom stereocenters. The SMILES string of the molecule is C/C=C\c1[nH]cc([C@@H]2c3cc(OC)c(OC)cc3CC3C(=O)N(C)CC(=O)N32)c1C. The number of hydrogen-bond acceptors (Lipinski definition) is 4. The lowest BCUT2D eigenvalue weighted by Crippen LogP contribution is -2.62. The van der Waals surface area contributed by atoms with Crippen LogP contribution < -0.4 is 9.47 Å². The number of carbonyl (C=O) groups is 2. The zero-order valence-electron chi connectivity index (χ0n) is 18.0. The van der Waals surface area contributed by atoms with Crippen molar-refractivity contribution in [3.63, 3.8) is 0 Å². The molecular formula is C23H27N3O4. The number of carbonyl (C=O) groups excluding carboxylic acids is 2. The fourth-order valence-electron chi connectivity index (χ4n) is 4.61. The predicted molar refractivity (Wildman–Crippen MR) is 114 cm³/mol. The van der Waals surface area contributed by atoms with Crippen LogP contribution in [0.1, 0.15) is 40.9 Å². The molecule has 2 amide bonds. The molecule has 2 aromatic rings. The molecule has 7 nitrogen and oxygen atoms in total. The van der Waals surface area contributed by atoms with E-state index < -0.39 is 6.04 Å². The zero-order valence-corrected chi connectivity index (χ0v) is 18.0. The first-order valence-corrected chi connectivity index (χ1v) is 10.0. The van der Waals surface area contributed by atoms with Gasteiger partial charge in [0.05, 0.1) is 26.8 Å². The van der Waals surface area contributed by atoms with Gasteiger partial charge in [-0.1, -0.05) is 6.08 Å². The summed E-state index contributed by atoms with van der Waals surface area (Å²) in [6.07, 6.45) is 6.37. The Labute approximate surface area is 176 Å². The number of allylic oxidation sites excluding steroid dienone is 1. The number of aromatic amines is 1.